The van der Waals surface area contributed by atoms with Gasteiger partial charge in [-0.25, -0.2) is 4.79 Å². The average Bonchev–Trinajstić information content (AvgIpc) is 3.01. The van der Waals surface area contributed by atoms with Crippen molar-refractivity contribution in [1.29, 1.82) is 0 Å². The molecule has 0 unspecified atom stereocenters. The van der Waals surface area contributed by atoms with Crippen molar-refractivity contribution in [2.24, 2.45) is 0 Å². The molecule has 0 aromatic heterocycles. The van der Waals surface area contributed by atoms with E-state index in [-0.39, 0.29) is 6.61 Å². The number of carbonyl (C=O) groups is 2. The monoisotopic (exact) mass is 407 g/mol. The number of amides is 1. The van der Waals surface area contributed by atoms with Gasteiger partial charge in [-0.3, -0.25) is 4.79 Å². The maximum atomic E-state index is 12.1. The van der Waals surface area contributed by atoms with E-state index >= 15 is 0 Å². The van der Waals surface area contributed by atoms with Gasteiger partial charge in [0.2, 0.25) is 0 Å². The number of rotatable bonds is 6. The molecule has 1 heterocycles. The molecule has 7 nitrogen and oxygen atoms in total. The van der Waals surface area contributed by atoms with Gasteiger partial charge in [-0.05, 0) is 35.0 Å². The van der Waals surface area contributed by atoms with Crippen molar-refractivity contribution in [2.45, 2.75) is 6.42 Å². The standard InChI is InChI=1S/C23H21NO6/c25-22(24-18-7-9-20-21(13-18)28-11-3-10-27-20)14-30-23(26)15-29-19-8-6-16-4-1-2-5-17(16)12-19/h1-2,4-9,12-13H,3,10-11,14-15H2,(H,24,25). The van der Waals surface area contributed by atoms with Gasteiger partial charge < -0.3 is 24.3 Å². The van der Waals surface area contributed by atoms with Crippen molar-refractivity contribution in [3.8, 4) is 17.2 Å². The number of hydrogen-bond acceptors (Lipinski definition) is 6. The summed E-state index contributed by atoms with van der Waals surface area (Å²) in [7, 11) is 0. The van der Waals surface area contributed by atoms with Gasteiger partial charge in [0.1, 0.15) is 5.75 Å². The van der Waals surface area contributed by atoms with Crippen LogP contribution >= 0.6 is 0 Å². The number of benzene rings is 3. The SMILES string of the molecule is O=C(COC(=O)COc1ccc2ccccc2c1)Nc1ccc2c(c1)OCCCO2. The van der Waals surface area contributed by atoms with Crippen LogP contribution in [0.1, 0.15) is 6.42 Å². The van der Waals surface area contributed by atoms with E-state index in [4.69, 9.17) is 18.9 Å². The Balaban J connectivity index is 1.24. The molecular weight excluding hydrogens is 386 g/mol. The van der Waals surface area contributed by atoms with Crippen LogP contribution in [0.2, 0.25) is 0 Å². The number of fused-ring (bicyclic) bond motifs is 2. The number of nitrogens with one attached hydrogen (secondary N) is 1. The Morgan fingerprint density at radius 2 is 1.67 bits per heavy atom. The summed E-state index contributed by atoms with van der Waals surface area (Å²) in [4.78, 5) is 24.0. The van der Waals surface area contributed by atoms with E-state index in [1.54, 1.807) is 24.3 Å². The van der Waals surface area contributed by atoms with Crippen molar-refractivity contribution in [2.75, 3.05) is 31.7 Å². The van der Waals surface area contributed by atoms with E-state index in [1.807, 2.05) is 36.4 Å². The molecule has 0 radical (unpaired) electrons. The largest absolute Gasteiger partial charge is 0.490 e. The summed E-state index contributed by atoms with van der Waals surface area (Å²) < 4.78 is 21.6. The second kappa shape index (κ2) is 9.17. The van der Waals surface area contributed by atoms with Gasteiger partial charge in [-0.15, -0.1) is 0 Å². The van der Waals surface area contributed by atoms with Crippen LogP contribution in [0.4, 0.5) is 5.69 Å². The van der Waals surface area contributed by atoms with Crippen LogP contribution in [0, 0.1) is 0 Å². The van der Waals surface area contributed by atoms with E-state index in [9.17, 15) is 9.59 Å². The van der Waals surface area contributed by atoms with Gasteiger partial charge in [0, 0.05) is 18.2 Å². The van der Waals surface area contributed by atoms with E-state index in [1.165, 1.54) is 0 Å². The molecule has 0 saturated carbocycles. The molecular formula is C23H21NO6. The highest BCUT2D eigenvalue weighted by molar-refractivity contribution is 5.93. The smallest absolute Gasteiger partial charge is 0.344 e. The molecule has 0 bridgehead atoms. The number of carbonyl (C=O) groups excluding carboxylic acids is 2. The first kappa shape index (κ1) is 19.6. The summed E-state index contributed by atoms with van der Waals surface area (Å²) in [6, 6.07) is 18.5. The zero-order valence-corrected chi connectivity index (χ0v) is 16.3. The minimum absolute atomic E-state index is 0.282. The molecule has 30 heavy (non-hydrogen) atoms. The number of ether oxygens (including phenoxy) is 4. The normalized spacial score (nSPS) is 12.7. The minimum atomic E-state index is -0.628. The lowest BCUT2D eigenvalue weighted by atomic mass is 10.1. The van der Waals surface area contributed by atoms with Gasteiger partial charge in [0.15, 0.2) is 24.7 Å². The average molecular weight is 407 g/mol. The van der Waals surface area contributed by atoms with E-state index in [0.29, 0.717) is 36.1 Å². The van der Waals surface area contributed by atoms with Gasteiger partial charge >= 0.3 is 5.97 Å². The molecule has 0 atom stereocenters. The summed E-state index contributed by atoms with van der Waals surface area (Å²) in [5.41, 5.74) is 0.535. The fourth-order valence-electron chi connectivity index (χ4n) is 3.03. The van der Waals surface area contributed by atoms with Crippen LogP contribution in [0.15, 0.2) is 60.7 Å². The zero-order valence-electron chi connectivity index (χ0n) is 16.3. The molecule has 0 fully saturated rings. The van der Waals surface area contributed by atoms with E-state index < -0.39 is 18.5 Å². The lowest BCUT2D eigenvalue weighted by Gasteiger charge is -2.11. The number of anilines is 1. The topological polar surface area (TPSA) is 83.1 Å². The Kier molecular flexibility index (Phi) is 5.98. The second-order valence-corrected chi connectivity index (χ2v) is 6.72. The number of esters is 1. The van der Waals surface area contributed by atoms with Crippen LogP contribution in [0.3, 0.4) is 0 Å². The Labute approximate surface area is 173 Å². The summed E-state index contributed by atoms with van der Waals surface area (Å²) in [6.07, 6.45) is 0.799. The van der Waals surface area contributed by atoms with Gasteiger partial charge in [-0.1, -0.05) is 30.3 Å². The van der Waals surface area contributed by atoms with Gasteiger partial charge in [0.05, 0.1) is 13.2 Å². The highest BCUT2D eigenvalue weighted by Gasteiger charge is 2.13. The van der Waals surface area contributed by atoms with Crippen LogP contribution < -0.4 is 19.5 Å². The lowest BCUT2D eigenvalue weighted by Crippen LogP contribution is -2.23. The minimum Gasteiger partial charge on any atom is -0.490 e. The summed E-state index contributed by atoms with van der Waals surface area (Å²) in [5, 5.41) is 4.76. The molecule has 1 amide bonds. The maximum Gasteiger partial charge on any atom is 0.344 e. The highest BCUT2D eigenvalue weighted by atomic mass is 16.6. The van der Waals surface area contributed by atoms with Crippen molar-refractivity contribution in [3.63, 3.8) is 0 Å². The summed E-state index contributed by atoms with van der Waals surface area (Å²) in [5.74, 6) is 0.691. The first-order valence-electron chi connectivity index (χ1n) is 9.64. The molecule has 1 aliphatic rings. The Morgan fingerprint density at radius 1 is 0.867 bits per heavy atom. The van der Waals surface area contributed by atoms with Crippen molar-refractivity contribution < 1.29 is 28.5 Å². The molecule has 0 aliphatic carbocycles. The van der Waals surface area contributed by atoms with Crippen molar-refractivity contribution in [3.05, 3.63) is 60.7 Å². The molecule has 3 aromatic rings. The lowest BCUT2D eigenvalue weighted by molar-refractivity contribution is -0.149. The molecule has 7 heteroatoms. The van der Waals surface area contributed by atoms with Crippen LogP contribution in [-0.4, -0.2) is 38.3 Å². The van der Waals surface area contributed by atoms with Crippen molar-refractivity contribution in [1.82, 2.24) is 0 Å². The molecule has 154 valence electrons. The predicted molar refractivity (Wildman–Crippen MR) is 111 cm³/mol. The quantitative estimate of drug-likeness (QED) is 0.629. The Hall–Kier alpha value is -3.74. The highest BCUT2D eigenvalue weighted by Crippen LogP contribution is 2.32. The third kappa shape index (κ3) is 5.00. The second-order valence-electron chi connectivity index (χ2n) is 6.72. The zero-order chi connectivity index (χ0) is 20.8. The van der Waals surface area contributed by atoms with Crippen LogP contribution in [0.25, 0.3) is 10.8 Å². The maximum absolute atomic E-state index is 12.1. The summed E-state index contributed by atoms with van der Waals surface area (Å²) >= 11 is 0. The fourth-order valence-corrected chi connectivity index (χ4v) is 3.03. The first-order valence-corrected chi connectivity index (χ1v) is 9.64. The number of hydrogen-bond donors (Lipinski definition) is 1. The summed E-state index contributed by atoms with van der Waals surface area (Å²) in [6.45, 7) is 0.457. The first-order chi connectivity index (χ1) is 14.7. The predicted octanol–water partition coefficient (Wildman–Crippen LogP) is 3.56. The fraction of sp³-hybridized carbons (Fsp3) is 0.217. The molecule has 0 spiro atoms. The third-order valence-electron chi connectivity index (χ3n) is 4.47. The Morgan fingerprint density at radius 3 is 2.53 bits per heavy atom. The van der Waals surface area contributed by atoms with Gasteiger partial charge in [-0.2, -0.15) is 0 Å². The molecule has 1 aliphatic heterocycles. The molecule has 1 N–H and O–H groups in total. The molecule has 3 aromatic carbocycles. The Bertz CT molecular complexity index is 1060. The van der Waals surface area contributed by atoms with E-state index in [2.05, 4.69) is 5.32 Å². The molecule has 0 saturated heterocycles. The van der Waals surface area contributed by atoms with Crippen molar-refractivity contribution >= 4 is 28.3 Å². The van der Waals surface area contributed by atoms with Crippen LogP contribution in [-0.2, 0) is 14.3 Å². The third-order valence-corrected chi connectivity index (χ3v) is 4.47. The van der Waals surface area contributed by atoms with Crippen LogP contribution in [0.5, 0.6) is 17.2 Å². The van der Waals surface area contributed by atoms with Gasteiger partial charge in [0.25, 0.3) is 5.91 Å². The van der Waals surface area contributed by atoms with E-state index in [0.717, 1.165) is 17.2 Å². The molecule has 4 rings (SSSR count).